The quantitative estimate of drug-likeness (QED) is 0.790. The van der Waals surface area contributed by atoms with Crippen molar-refractivity contribution in [3.05, 3.63) is 53.0 Å². The summed E-state index contributed by atoms with van der Waals surface area (Å²) in [4.78, 5) is 24.6. The fourth-order valence-electron chi connectivity index (χ4n) is 2.35. The van der Waals surface area contributed by atoms with E-state index in [-0.39, 0.29) is 12.2 Å². The maximum absolute atomic E-state index is 12.4. The van der Waals surface area contributed by atoms with Crippen LogP contribution in [0.15, 0.2) is 39.6 Å². The number of carbonyl (C=O) groups is 2. The van der Waals surface area contributed by atoms with Crippen molar-refractivity contribution in [2.24, 2.45) is 0 Å². The molecule has 23 heavy (non-hydrogen) atoms. The molecule has 2 rings (SSSR count). The minimum absolute atomic E-state index is 0.191. The Bertz CT molecular complexity index is 706. The van der Waals surface area contributed by atoms with Crippen LogP contribution in [0.25, 0.3) is 0 Å². The summed E-state index contributed by atoms with van der Waals surface area (Å²) in [5, 5.41) is 11.9. The number of thioether (sulfide) groups is 1. The minimum atomic E-state index is -0.975. The maximum Gasteiger partial charge on any atom is 0.305 e. The van der Waals surface area contributed by atoms with E-state index >= 15 is 0 Å². The van der Waals surface area contributed by atoms with Gasteiger partial charge in [0.25, 0.3) is 5.91 Å². The molecule has 1 heterocycles. The van der Waals surface area contributed by atoms with Crippen LogP contribution in [0.5, 0.6) is 0 Å². The summed E-state index contributed by atoms with van der Waals surface area (Å²) in [6, 6.07) is 8.64. The Kier molecular flexibility index (Phi) is 5.50. The number of carboxylic acid groups (broad SMARTS) is 1. The molecule has 2 N–H and O–H groups in total. The van der Waals surface area contributed by atoms with Crippen LogP contribution in [-0.4, -0.2) is 23.2 Å². The van der Waals surface area contributed by atoms with E-state index in [0.717, 1.165) is 16.0 Å². The molecule has 1 atom stereocenters. The Hall–Kier alpha value is -2.21. The molecule has 122 valence electrons. The van der Waals surface area contributed by atoms with Gasteiger partial charge in [-0.3, -0.25) is 9.59 Å². The number of aliphatic carboxylic acids is 1. The molecule has 1 unspecified atom stereocenters. The van der Waals surface area contributed by atoms with Gasteiger partial charge in [-0.25, -0.2) is 0 Å². The van der Waals surface area contributed by atoms with Crippen LogP contribution in [-0.2, 0) is 4.79 Å². The van der Waals surface area contributed by atoms with E-state index in [1.807, 2.05) is 30.5 Å². The van der Waals surface area contributed by atoms with E-state index in [1.54, 1.807) is 31.7 Å². The molecule has 5 nitrogen and oxygen atoms in total. The van der Waals surface area contributed by atoms with Gasteiger partial charge >= 0.3 is 5.97 Å². The topological polar surface area (TPSA) is 79.5 Å². The number of nitrogens with one attached hydrogen (secondary N) is 1. The van der Waals surface area contributed by atoms with Crippen molar-refractivity contribution in [2.45, 2.75) is 31.2 Å². The Morgan fingerprint density at radius 2 is 1.91 bits per heavy atom. The normalized spacial score (nSPS) is 12.0. The van der Waals surface area contributed by atoms with Crippen LogP contribution in [0.4, 0.5) is 0 Å². The predicted octanol–water partition coefficient (Wildman–Crippen LogP) is 3.56. The zero-order chi connectivity index (χ0) is 17.0. The van der Waals surface area contributed by atoms with Crippen molar-refractivity contribution in [3.8, 4) is 0 Å². The Morgan fingerprint density at radius 3 is 2.39 bits per heavy atom. The van der Waals surface area contributed by atoms with Gasteiger partial charge in [-0.05, 0) is 43.9 Å². The van der Waals surface area contributed by atoms with Gasteiger partial charge in [0, 0.05) is 10.5 Å². The third kappa shape index (κ3) is 4.39. The van der Waals surface area contributed by atoms with Crippen LogP contribution in [0, 0.1) is 13.8 Å². The molecule has 1 aromatic carbocycles. The fraction of sp³-hybridized carbons (Fsp3) is 0.294. The summed E-state index contributed by atoms with van der Waals surface area (Å²) in [7, 11) is 0. The highest BCUT2D eigenvalue weighted by molar-refractivity contribution is 7.98. The second-order valence-electron chi connectivity index (χ2n) is 5.27. The van der Waals surface area contributed by atoms with Crippen molar-refractivity contribution in [1.29, 1.82) is 0 Å². The number of aryl methyl sites for hydroxylation is 2. The summed E-state index contributed by atoms with van der Waals surface area (Å²) in [5.41, 5.74) is 1.48. The van der Waals surface area contributed by atoms with Crippen LogP contribution >= 0.6 is 11.8 Å². The monoisotopic (exact) mass is 333 g/mol. The lowest BCUT2D eigenvalue weighted by Crippen LogP contribution is -2.30. The van der Waals surface area contributed by atoms with Crippen molar-refractivity contribution in [2.75, 3.05) is 6.26 Å². The van der Waals surface area contributed by atoms with E-state index in [4.69, 9.17) is 9.52 Å². The molecule has 0 bridgehead atoms. The second kappa shape index (κ2) is 7.37. The van der Waals surface area contributed by atoms with Gasteiger partial charge in [0.1, 0.15) is 5.76 Å². The lowest BCUT2D eigenvalue weighted by molar-refractivity contribution is -0.137. The number of rotatable bonds is 6. The van der Waals surface area contributed by atoms with Gasteiger partial charge in [0.05, 0.1) is 12.5 Å². The molecule has 1 aromatic heterocycles. The first-order chi connectivity index (χ1) is 10.9. The first-order valence-corrected chi connectivity index (χ1v) is 8.37. The molecular weight excluding hydrogens is 314 g/mol. The number of furan rings is 1. The molecule has 0 fully saturated rings. The van der Waals surface area contributed by atoms with Gasteiger partial charge in [0.15, 0.2) is 5.76 Å². The molecule has 0 aliphatic carbocycles. The first kappa shape index (κ1) is 17.1. The van der Waals surface area contributed by atoms with Gasteiger partial charge in [0.2, 0.25) is 0 Å². The van der Waals surface area contributed by atoms with Gasteiger partial charge < -0.3 is 14.8 Å². The van der Waals surface area contributed by atoms with Crippen LogP contribution in [0.2, 0.25) is 0 Å². The van der Waals surface area contributed by atoms with Crippen LogP contribution in [0.3, 0.4) is 0 Å². The molecular formula is C17H19NO4S. The summed E-state index contributed by atoms with van der Waals surface area (Å²) in [6.45, 7) is 3.55. The lowest BCUT2D eigenvalue weighted by atomic mass is 10.0. The summed E-state index contributed by atoms with van der Waals surface area (Å²) in [5.74, 6) is -0.516. The zero-order valence-corrected chi connectivity index (χ0v) is 14.1. The smallest absolute Gasteiger partial charge is 0.305 e. The van der Waals surface area contributed by atoms with E-state index in [0.29, 0.717) is 5.76 Å². The van der Waals surface area contributed by atoms with Crippen LogP contribution in [0.1, 0.15) is 39.9 Å². The average molecular weight is 333 g/mol. The summed E-state index contributed by atoms with van der Waals surface area (Å²) >= 11 is 1.60. The van der Waals surface area contributed by atoms with Gasteiger partial charge in [-0.1, -0.05) is 12.1 Å². The molecule has 2 aromatic rings. The second-order valence-corrected chi connectivity index (χ2v) is 6.15. The number of benzene rings is 1. The largest absolute Gasteiger partial charge is 0.481 e. The van der Waals surface area contributed by atoms with Crippen molar-refractivity contribution < 1.29 is 19.1 Å². The summed E-state index contributed by atoms with van der Waals surface area (Å²) < 4.78 is 5.39. The van der Waals surface area contributed by atoms with E-state index < -0.39 is 17.9 Å². The fourth-order valence-corrected chi connectivity index (χ4v) is 2.76. The SMILES string of the molecule is CSc1ccc(C(CC(=O)O)NC(=O)c2oc(C)cc2C)cc1. The highest BCUT2D eigenvalue weighted by Crippen LogP contribution is 2.22. The minimum Gasteiger partial charge on any atom is -0.481 e. The van der Waals surface area contributed by atoms with Crippen LogP contribution < -0.4 is 5.32 Å². The Labute approximate surface area is 139 Å². The molecule has 0 radical (unpaired) electrons. The number of amides is 1. The van der Waals surface area contributed by atoms with Crippen molar-refractivity contribution in [1.82, 2.24) is 5.32 Å². The number of hydrogen-bond donors (Lipinski definition) is 2. The average Bonchev–Trinajstić information content (AvgIpc) is 2.85. The summed E-state index contributed by atoms with van der Waals surface area (Å²) in [6.07, 6.45) is 1.77. The van der Waals surface area contributed by atoms with E-state index in [2.05, 4.69) is 5.32 Å². The molecule has 0 aliphatic heterocycles. The third-order valence-electron chi connectivity index (χ3n) is 3.45. The molecule has 0 spiro atoms. The van der Waals surface area contributed by atoms with Crippen molar-refractivity contribution in [3.63, 3.8) is 0 Å². The third-order valence-corrected chi connectivity index (χ3v) is 4.19. The highest BCUT2D eigenvalue weighted by atomic mass is 32.2. The van der Waals surface area contributed by atoms with Crippen molar-refractivity contribution >= 4 is 23.6 Å². The van der Waals surface area contributed by atoms with Gasteiger partial charge in [-0.15, -0.1) is 11.8 Å². The number of hydrogen-bond acceptors (Lipinski definition) is 4. The highest BCUT2D eigenvalue weighted by Gasteiger charge is 2.22. The standard InChI is InChI=1S/C17H19NO4S/c1-10-8-11(2)22-16(10)17(21)18-14(9-15(19)20)12-4-6-13(23-3)7-5-12/h4-8,14H,9H2,1-3H3,(H,18,21)(H,19,20). The van der Waals surface area contributed by atoms with E-state index in [9.17, 15) is 9.59 Å². The molecule has 0 saturated carbocycles. The molecule has 1 amide bonds. The lowest BCUT2D eigenvalue weighted by Gasteiger charge is -2.17. The zero-order valence-electron chi connectivity index (χ0n) is 13.3. The van der Waals surface area contributed by atoms with Gasteiger partial charge in [-0.2, -0.15) is 0 Å². The Morgan fingerprint density at radius 1 is 1.26 bits per heavy atom. The maximum atomic E-state index is 12.4. The molecule has 6 heteroatoms. The molecule has 0 saturated heterocycles. The predicted molar refractivity (Wildman–Crippen MR) is 88.9 cm³/mol. The molecule has 0 aliphatic rings. The Balaban J connectivity index is 2.22. The van der Waals surface area contributed by atoms with E-state index in [1.165, 1.54) is 0 Å². The number of carbonyl (C=O) groups excluding carboxylic acids is 1. The first-order valence-electron chi connectivity index (χ1n) is 7.14. The number of carboxylic acids is 1.